The summed E-state index contributed by atoms with van der Waals surface area (Å²) >= 11 is 0. The minimum absolute atomic E-state index is 0.149. The summed E-state index contributed by atoms with van der Waals surface area (Å²) in [4.78, 5) is 0.149. The first-order valence-corrected chi connectivity index (χ1v) is 8.00. The van der Waals surface area contributed by atoms with Gasteiger partial charge in [-0.05, 0) is 44.2 Å². The van der Waals surface area contributed by atoms with Crippen LogP contribution in [-0.4, -0.2) is 20.7 Å². The number of aryl methyl sites for hydroxylation is 1. The van der Waals surface area contributed by atoms with Crippen LogP contribution in [0.4, 0.5) is 4.39 Å². The summed E-state index contributed by atoms with van der Waals surface area (Å²) in [5.74, 6) is 0.0449. The van der Waals surface area contributed by atoms with Crippen LogP contribution in [0.3, 0.4) is 0 Å². The molecule has 1 aromatic carbocycles. The van der Waals surface area contributed by atoms with E-state index < -0.39 is 22.4 Å². The van der Waals surface area contributed by atoms with Crippen molar-refractivity contribution in [3.05, 3.63) is 29.8 Å². The van der Waals surface area contributed by atoms with Gasteiger partial charge in [0, 0.05) is 5.92 Å². The molecule has 0 N–H and O–H groups in total. The molecule has 0 amide bonds. The van der Waals surface area contributed by atoms with Crippen LogP contribution >= 0.6 is 0 Å². The molecule has 3 nitrogen and oxygen atoms in total. The van der Waals surface area contributed by atoms with Gasteiger partial charge in [-0.2, -0.15) is 8.42 Å². The Bertz CT molecular complexity index is 567. The van der Waals surface area contributed by atoms with Crippen LogP contribution in [0, 0.1) is 18.8 Å². The average Bonchev–Trinajstić information content (AvgIpc) is 2.87. The maximum absolute atomic E-state index is 13.6. The summed E-state index contributed by atoms with van der Waals surface area (Å²) < 4.78 is 43.2. The average molecular weight is 284 g/mol. The van der Waals surface area contributed by atoms with Crippen LogP contribution in [0.2, 0.25) is 0 Å². The van der Waals surface area contributed by atoms with Crippen molar-refractivity contribution in [1.29, 1.82) is 0 Å². The Balaban J connectivity index is 1.77. The molecule has 3 rings (SSSR count). The van der Waals surface area contributed by atoms with Crippen molar-refractivity contribution in [2.24, 2.45) is 11.8 Å². The molecule has 0 unspecified atom stereocenters. The number of fused-ring (bicyclic) bond motifs is 2. The van der Waals surface area contributed by atoms with Gasteiger partial charge in [-0.3, -0.25) is 4.18 Å². The highest BCUT2D eigenvalue weighted by Crippen LogP contribution is 2.48. The van der Waals surface area contributed by atoms with Crippen molar-refractivity contribution >= 4 is 10.1 Å². The van der Waals surface area contributed by atoms with Gasteiger partial charge >= 0.3 is 0 Å². The summed E-state index contributed by atoms with van der Waals surface area (Å²) in [6.45, 7) is 1.89. The Morgan fingerprint density at radius 1 is 1.16 bits per heavy atom. The molecule has 1 aromatic rings. The van der Waals surface area contributed by atoms with Crippen LogP contribution in [0.15, 0.2) is 29.2 Å². The SMILES string of the molecule is Cc1ccc(S(=O)(=O)O[C@H]2C[C@@H]3C[C@@H]2[C@@H](F)C3)cc1. The Morgan fingerprint density at radius 3 is 2.42 bits per heavy atom. The smallest absolute Gasteiger partial charge is 0.263 e. The van der Waals surface area contributed by atoms with Gasteiger partial charge < -0.3 is 0 Å². The van der Waals surface area contributed by atoms with Crippen molar-refractivity contribution in [2.75, 3.05) is 0 Å². The summed E-state index contributed by atoms with van der Waals surface area (Å²) in [7, 11) is -3.77. The normalized spacial score (nSPS) is 33.8. The third-order valence-electron chi connectivity index (χ3n) is 4.23. The summed E-state index contributed by atoms with van der Waals surface area (Å²) in [5, 5.41) is 0. The van der Waals surface area contributed by atoms with Gasteiger partial charge in [0.05, 0.1) is 11.0 Å². The Morgan fingerprint density at radius 2 is 1.84 bits per heavy atom. The highest BCUT2D eigenvalue weighted by atomic mass is 32.2. The third-order valence-corrected chi connectivity index (χ3v) is 5.58. The van der Waals surface area contributed by atoms with E-state index in [2.05, 4.69) is 0 Å². The van der Waals surface area contributed by atoms with E-state index >= 15 is 0 Å². The lowest BCUT2D eigenvalue weighted by atomic mass is 9.96. The minimum Gasteiger partial charge on any atom is -0.263 e. The van der Waals surface area contributed by atoms with E-state index in [1.807, 2.05) is 6.92 Å². The van der Waals surface area contributed by atoms with Crippen LogP contribution in [0.25, 0.3) is 0 Å². The summed E-state index contributed by atoms with van der Waals surface area (Å²) in [6, 6.07) is 6.53. The molecule has 0 spiro atoms. The number of hydrogen-bond acceptors (Lipinski definition) is 3. The largest absolute Gasteiger partial charge is 0.297 e. The lowest BCUT2D eigenvalue weighted by Gasteiger charge is -2.24. The van der Waals surface area contributed by atoms with Crippen LogP contribution < -0.4 is 0 Å². The number of alkyl halides is 1. The quantitative estimate of drug-likeness (QED) is 0.802. The maximum atomic E-state index is 13.6. The molecule has 4 atom stereocenters. The van der Waals surface area contributed by atoms with Crippen molar-refractivity contribution in [1.82, 2.24) is 0 Å². The molecule has 19 heavy (non-hydrogen) atoms. The fourth-order valence-corrected chi connectivity index (χ4v) is 4.36. The fourth-order valence-electron chi connectivity index (χ4n) is 3.24. The Labute approximate surface area is 112 Å². The zero-order valence-corrected chi connectivity index (χ0v) is 11.6. The number of benzene rings is 1. The predicted molar refractivity (Wildman–Crippen MR) is 69.0 cm³/mol. The zero-order valence-electron chi connectivity index (χ0n) is 10.8. The number of halogens is 1. The molecule has 5 heteroatoms. The Kier molecular flexibility index (Phi) is 3.14. The van der Waals surface area contributed by atoms with Crippen molar-refractivity contribution < 1.29 is 17.0 Å². The summed E-state index contributed by atoms with van der Waals surface area (Å²) in [5.41, 5.74) is 0.989. The monoisotopic (exact) mass is 284 g/mol. The molecule has 2 saturated carbocycles. The van der Waals surface area contributed by atoms with Crippen molar-refractivity contribution in [3.8, 4) is 0 Å². The molecule has 0 saturated heterocycles. The maximum Gasteiger partial charge on any atom is 0.297 e. The first-order chi connectivity index (χ1) is 8.95. The Hall–Kier alpha value is -0.940. The summed E-state index contributed by atoms with van der Waals surface area (Å²) in [6.07, 6.45) is 0.595. The molecular formula is C14H17FO3S. The standard InChI is InChI=1S/C14H17FO3S/c1-9-2-4-11(5-3-9)19(16,17)18-14-8-10-6-12(14)13(15)7-10/h2-5,10,12-14H,6-8H2,1H3/t10-,12-,13+,14+/m1/s1. The van der Waals surface area contributed by atoms with E-state index in [-0.39, 0.29) is 10.8 Å². The zero-order chi connectivity index (χ0) is 13.6. The first-order valence-electron chi connectivity index (χ1n) is 6.60. The molecule has 104 valence electrons. The van der Waals surface area contributed by atoms with E-state index in [9.17, 15) is 12.8 Å². The molecule has 2 bridgehead atoms. The highest BCUT2D eigenvalue weighted by molar-refractivity contribution is 7.86. The number of hydrogen-bond donors (Lipinski definition) is 0. The van der Waals surface area contributed by atoms with Gasteiger partial charge in [-0.25, -0.2) is 4.39 Å². The third kappa shape index (κ3) is 2.41. The lowest BCUT2D eigenvalue weighted by Crippen LogP contribution is -2.30. The molecule has 0 aromatic heterocycles. The first kappa shape index (κ1) is 13.1. The van der Waals surface area contributed by atoms with Gasteiger partial charge in [-0.1, -0.05) is 17.7 Å². The highest BCUT2D eigenvalue weighted by Gasteiger charge is 2.48. The predicted octanol–water partition coefficient (Wildman–Crippen LogP) is 2.84. The van der Waals surface area contributed by atoms with Gasteiger partial charge in [-0.15, -0.1) is 0 Å². The second kappa shape index (κ2) is 4.56. The van der Waals surface area contributed by atoms with E-state index in [1.54, 1.807) is 12.1 Å². The van der Waals surface area contributed by atoms with Gasteiger partial charge in [0.1, 0.15) is 6.17 Å². The van der Waals surface area contributed by atoms with Crippen molar-refractivity contribution in [3.63, 3.8) is 0 Å². The second-order valence-electron chi connectivity index (χ2n) is 5.65. The topological polar surface area (TPSA) is 43.4 Å². The molecule has 0 heterocycles. The number of rotatable bonds is 3. The van der Waals surface area contributed by atoms with Crippen LogP contribution in [0.5, 0.6) is 0 Å². The molecule has 0 aliphatic heterocycles. The lowest BCUT2D eigenvalue weighted by molar-refractivity contribution is 0.0875. The molecule has 0 radical (unpaired) electrons. The van der Waals surface area contributed by atoms with Gasteiger partial charge in [0.2, 0.25) is 0 Å². The molecule has 2 aliphatic carbocycles. The van der Waals surface area contributed by atoms with E-state index in [0.717, 1.165) is 12.0 Å². The van der Waals surface area contributed by atoms with Gasteiger partial charge in [0.25, 0.3) is 10.1 Å². The molecule has 2 fully saturated rings. The van der Waals surface area contributed by atoms with Crippen LogP contribution in [0.1, 0.15) is 24.8 Å². The van der Waals surface area contributed by atoms with Crippen molar-refractivity contribution in [2.45, 2.75) is 43.4 Å². The van der Waals surface area contributed by atoms with E-state index in [4.69, 9.17) is 4.18 Å². The van der Waals surface area contributed by atoms with Gasteiger partial charge in [0.15, 0.2) is 0 Å². The van der Waals surface area contributed by atoms with Crippen LogP contribution in [-0.2, 0) is 14.3 Å². The molecule has 2 aliphatic rings. The fraction of sp³-hybridized carbons (Fsp3) is 0.571. The van der Waals surface area contributed by atoms with E-state index in [1.165, 1.54) is 12.1 Å². The second-order valence-corrected chi connectivity index (χ2v) is 7.23. The molecular weight excluding hydrogens is 267 g/mol. The minimum atomic E-state index is -3.77. The van der Waals surface area contributed by atoms with E-state index in [0.29, 0.717) is 18.8 Å².